The molecule has 0 saturated carbocycles. The summed E-state index contributed by atoms with van der Waals surface area (Å²) in [6, 6.07) is 6.40. The van der Waals surface area contributed by atoms with Crippen molar-refractivity contribution in [2.75, 3.05) is 0 Å². The monoisotopic (exact) mass is 250 g/mol. The Kier molecular flexibility index (Phi) is 3.19. The van der Waals surface area contributed by atoms with Crippen LogP contribution >= 0.6 is 12.2 Å². The van der Waals surface area contributed by atoms with Gasteiger partial charge in [-0.15, -0.1) is 0 Å². The summed E-state index contributed by atoms with van der Waals surface area (Å²) in [5.74, 6) is -0.311. The number of benzene rings is 1. The molecular weight excluding hydrogens is 239 g/mol. The zero-order valence-electron chi connectivity index (χ0n) is 9.21. The van der Waals surface area contributed by atoms with Crippen LogP contribution in [0.3, 0.4) is 0 Å². The summed E-state index contributed by atoms with van der Waals surface area (Å²) >= 11 is 4.85. The van der Waals surface area contributed by atoms with E-state index in [0.29, 0.717) is 16.8 Å². The number of halogens is 1. The first-order valence-electron chi connectivity index (χ1n) is 5.13. The van der Waals surface area contributed by atoms with Crippen LogP contribution in [-0.2, 0) is 6.42 Å². The molecule has 3 nitrogen and oxygen atoms in total. The summed E-state index contributed by atoms with van der Waals surface area (Å²) in [5, 5.41) is 0. The molecule has 2 N–H and O–H groups in total. The van der Waals surface area contributed by atoms with Gasteiger partial charge in [-0.25, -0.2) is 4.39 Å². The van der Waals surface area contributed by atoms with Crippen molar-refractivity contribution in [2.45, 2.75) is 13.3 Å². The van der Waals surface area contributed by atoms with Crippen molar-refractivity contribution >= 4 is 12.2 Å². The number of rotatable bonds is 2. The van der Waals surface area contributed by atoms with Gasteiger partial charge in [0, 0.05) is 17.7 Å². The smallest absolute Gasteiger partial charge is 0.255 e. The zero-order chi connectivity index (χ0) is 12.4. The Balaban J connectivity index is 2.48. The molecule has 0 bridgehead atoms. The highest BCUT2D eigenvalue weighted by atomic mass is 32.1. The van der Waals surface area contributed by atoms with Crippen molar-refractivity contribution in [3.8, 4) is 0 Å². The number of aryl methyl sites for hydroxylation is 1. The van der Waals surface area contributed by atoms with Crippen LogP contribution in [0.5, 0.6) is 0 Å². The average molecular weight is 250 g/mol. The zero-order valence-corrected chi connectivity index (χ0v) is 10.0. The second-order valence-electron chi connectivity index (χ2n) is 3.78. The van der Waals surface area contributed by atoms with Crippen LogP contribution in [0, 0.1) is 17.5 Å². The maximum absolute atomic E-state index is 13.5. The Morgan fingerprint density at radius 2 is 2.00 bits per heavy atom. The van der Waals surface area contributed by atoms with Crippen LogP contribution in [0.15, 0.2) is 29.1 Å². The topological polar surface area (TPSA) is 48.6 Å². The van der Waals surface area contributed by atoms with Gasteiger partial charge in [-0.05, 0) is 30.8 Å². The molecule has 0 aliphatic heterocycles. The highest BCUT2D eigenvalue weighted by Crippen LogP contribution is 2.11. The molecule has 0 amide bonds. The summed E-state index contributed by atoms with van der Waals surface area (Å²) in [6.07, 6.45) is 0.250. The molecule has 0 unspecified atom stereocenters. The van der Waals surface area contributed by atoms with E-state index in [1.165, 1.54) is 6.07 Å². The lowest BCUT2D eigenvalue weighted by molar-refractivity contribution is 0.613. The van der Waals surface area contributed by atoms with Gasteiger partial charge in [-0.1, -0.05) is 18.2 Å². The third-order valence-electron chi connectivity index (χ3n) is 2.58. The minimum absolute atomic E-state index is 0.250. The third kappa shape index (κ3) is 2.50. The Hall–Kier alpha value is -1.75. The van der Waals surface area contributed by atoms with Crippen molar-refractivity contribution in [2.24, 2.45) is 0 Å². The van der Waals surface area contributed by atoms with Crippen molar-refractivity contribution < 1.29 is 4.39 Å². The van der Waals surface area contributed by atoms with Crippen LogP contribution in [0.2, 0.25) is 0 Å². The maximum atomic E-state index is 13.5. The third-order valence-corrected chi connectivity index (χ3v) is 2.78. The quantitative estimate of drug-likeness (QED) is 0.804. The number of aromatic amines is 2. The second kappa shape index (κ2) is 4.63. The molecule has 88 valence electrons. The molecule has 2 rings (SSSR count). The number of hydrogen-bond acceptors (Lipinski definition) is 2. The van der Waals surface area contributed by atoms with Gasteiger partial charge < -0.3 is 4.98 Å². The van der Waals surface area contributed by atoms with Crippen LogP contribution in [-0.4, -0.2) is 9.97 Å². The lowest BCUT2D eigenvalue weighted by Crippen LogP contribution is -2.17. The standard InChI is InChI=1S/C12H11FN2OS/c1-7-9(11(16)15-12(17)14-7)6-8-4-2-3-5-10(8)13/h2-5H,6H2,1H3,(H2,14,15,16,17). The van der Waals surface area contributed by atoms with Crippen molar-refractivity contribution in [3.05, 3.63) is 62.0 Å². The Morgan fingerprint density at radius 3 is 2.65 bits per heavy atom. The second-order valence-corrected chi connectivity index (χ2v) is 4.19. The Bertz CT molecular complexity index is 660. The number of H-pyrrole nitrogens is 2. The molecule has 0 radical (unpaired) electrons. The molecule has 0 aliphatic carbocycles. The average Bonchev–Trinajstić information content (AvgIpc) is 2.25. The summed E-state index contributed by atoms with van der Waals surface area (Å²) in [7, 11) is 0. The molecule has 0 spiro atoms. The van der Waals surface area contributed by atoms with Crippen molar-refractivity contribution in [3.63, 3.8) is 0 Å². The van der Waals surface area contributed by atoms with Gasteiger partial charge in [0.05, 0.1) is 0 Å². The minimum atomic E-state index is -0.311. The highest BCUT2D eigenvalue weighted by molar-refractivity contribution is 7.71. The fraction of sp³-hybridized carbons (Fsp3) is 0.167. The van der Waals surface area contributed by atoms with Gasteiger partial charge in [0.25, 0.3) is 5.56 Å². The van der Waals surface area contributed by atoms with Gasteiger partial charge in [0.2, 0.25) is 0 Å². The normalized spacial score (nSPS) is 10.5. The SMILES string of the molecule is Cc1[nH]c(=S)[nH]c(=O)c1Cc1ccccc1F. The molecule has 17 heavy (non-hydrogen) atoms. The van der Waals surface area contributed by atoms with E-state index in [9.17, 15) is 9.18 Å². The predicted molar refractivity (Wildman–Crippen MR) is 66.2 cm³/mol. The van der Waals surface area contributed by atoms with E-state index in [-0.39, 0.29) is 22.6 Å². The largest absolute Gasteiger partial charge is 0.336 e. The molecular formula is C12H11FN2OS. The first kappa shape index (κ1) is 11.7. The fourth-order valence-electron chi connectivity index (χ4n) is 1.67. The number of hydrogen-bond donors (Lipinski definition) is 2. The van der Waals surface area contributed by atoms with Crippen LogP contribution < -0.4 is 5.56 Å². The van der Waals surface area contributed by atoms with Crippen molar-refractivity contribution in [1.82, 2.24) is 9.97 Å². The van der Waals surface area contributed by atoms with Gasteiger partial charge in [-0.2, -0.15) is 0 Å². The van der Waals surface area contributed by atoms with E-state index in [1.54, 1.807) is 25.1 Å². The van der Waals surface area contributed by atoms with Gasteiger partial charge in [-0.3, -0.25) is 9.78 Å². The van der Waals surface area contributed by atoms with E-state index >= 15 is 0 Å². The van der Waals surface area contributed by atoms with Gasteiger partial charge in [0.1, 0.15) is 5.82 Å². The molecule has 5 heteroatoms. The first-order valence-corrected chi connectivity index (χ1v) is 5.54. The fourth-order valence-corrected chi connectivity index (χ4v) is 1.92. The van der Waals surface area contributed by atoms with Crippen molar-refractivity contribution in [1.29, 1.82) is 0 Å². The highest BCUT2D eigenvalue weighted by Gasteiger charge is 2.08. The molecule has 0 fully saturated rings. The molecule has 0 saturated heterocycles. The van der Waals surface area contributed by atoms with E-state index < -0.39 is 0 Å². The summed E-state index contributed by atoms with van der Waals surface area (Å²) in [6.45, 7) is 1.75. The molecule has 1 aromatic heterocycles. The molecule has 0 aliphatic rings. The molecule has 1 heterocycles. The van der Waals surface area contributed by atoms with Crippen LogP contribution in [0.25, 0.3) is 0 Å². The summed E-state index contributed by atoms with van der Waals surface area (Å²) < 4.78 is 13.8. The number of nitrogens with one attached hydrogen (secondary N) is 2. The minimum Gasteiger partial charge on any atom is -0.336 e. The van der Waals surface area contributed by atoms with Crippen LogP contribution in [0.1, 0.15) is 16.8 Å². The summed E-state index contributed by atoms with van der Waals surface area (Å²) in [4.78, 5) is 17.1. The lowest BCUT2D eigenvalue weighted by Gasteiger charge is -2.05. The van der Waals surface area contributed by atoms with E-state index in [2.05, 4.69) is 9.97 Å². The van der Waals surface area contributed by atoms with E-state index in [0.717, 1.165) is 0 Å². The lowest BCUT2D eigenvalue weighted by atomic mass is 10.0. The predicted octanol–water partition coefficient (Wildman–Crippen LogP) is 2.47. The molecule has 2 aromatic rings. The Labute approximate surface area is 102 Å². The van der Waals surface area contributed by atoms with Gasteiger partial charge in [0.15, 0.2) is 4.77 Å². The number of aromatic nitrogens is 2. The van der Waals surface area contributed by atoms with Crippen LogP contribution in [0.4, 0.5) is 4.39 Å². The first-order chi connectivity index (χ1) is 8.08. The Morgan fingerprint density at radius 1 is 1.29 bits per heavy atom. The van der Waals surface area contributed by atoms with Gasteiger partial charge >= 0.3 is 0 Å². The van der Waals surface area contributed by atoms with E-state index in [4.69, 9.17) is 12.2 Å². The summed E-state index contributed by atoms with van der Waals surface area (Å²) in [5.41, 5.74) is 1.40. The van der Waals surface area contributed by atoms with E-state index in [1.807, 2.05) is 0 Å². The maximum Gasteiger partial charge on any atom is 0.255 e. The molecule has 0 atom stereocenters. The molecule has 1 aromatic carbocycles.